The monoisotopic (exact) mass is 432 g/mol. The molecule has 0 spiro atoms. The Bertz CT molecular complexity index is 701. The maximum absolute atomic E-state index is 12.8. The van der Waals surface area contributed by atoms with Crippen LogP contribution in [0.1, 0.15) is 49.8 Å². The first-order valence-corrected chi connectivity index (χ1v) is 12.5. The average Bonchev–Trinajstić information content (AvgIpc) is 3.36. The summed E-state index contributed by atoms with van der Waals surface area (Å²) in [4.78, 5) is 23.2. The molecule has 0 atom stereocenters. The fraction of sp³-hybridized carbons (Fsp3) is 0.739. The highest BCUT2D eigenvalue weighted by Gasteiger charge is 2.36. The van der Waals surface area contributed by atoms with E-state index in [2.05, 4.69) is 32.7 Å². The Hall–Kier alpha value is -1.60. The Morgan fingerprint density at radius 1 is 1.17 bits per heavy atom. The Labute approximate surface area is 184 Å². The molecule has 3 heterocycles. The van der Waals surface area contributed by atoms with E-state index in [1.54, 1.807) is 0 Å². The molecule has 0 unspecified atom stereocenters. The van der Waals surface area contributed by atoms with Crippen LogP contribution in [0.3, 0.4) is 0 Å². The lowest BCUT2D eigenvalue weighted by atomic mass is 9.73. The van der Waals surface area contributed by atoms with Crippen LogP contribution in [0.5, 0.6) is 0 Å². The van der Waals surface area contributed by atoms with E-state index < -0.39 is 0 Å². The number of guanidine groups is 1. The van der Waals surface area contributed by atoms with E-state index in [9.17, 15) is 4.79 Å². The molecule has 3 aliphatic rings. The first-order valence-electron chi connectivity index (χ1n) is 11.6. The van der Waals surface area contributed by atoms with Crippen molar-refractivity contribution in [2.75, 3.05) is 53.0 Å². The lowest BCUT2D eigenvalue weighted by Crippen LogP contribution is -2.52. The van der Waals surface area contributed by atoms with Gasteiger partial charge in [0.05, 0.1) is 13.2 Å². The van der Waals surface area contributed by atoms with Crippen LogP contribution in [0.4, 0.5) is 0 Å². The molecule has 7 heteroatoms. The summed E-state index contributed by atoms with van der Waals surface area (Å²) < 4.78 is 5.39. The summed E-state index contributed by atoms with van der Waals surface area (Å²) in [5, 5.41) is 5.92. The summed E-state index contributed by atoms with van der Waals surface area (Å²) >= 11 is 1.90. The number of amides is 1. The number of thiophene rings is 1. The molecule has 6 nitrogen and oxygen atoms in total. The molecule has 1 aromatic rings. The second-order valence-electron chi connectivity index (χ2n) is 8.92. The third kappa shape index (κ3) is 4.83. The smallest absolute Gasteiger partial charge is 0.225 e. The topological polar surface area (TPSA) is 57.2 Å². The number of hydrogen-bond donors (Lipinski definition) is 1. The molecule has 166 valence electrons. The first-order chi connectivity index (χ1) is 14.7. The van der Waals surface area contributed by atoms with E-state index in [-0.39, 0.29) is 11.3 Å². The van der Waals surface area contributed by atoms with Crippen molar-refractivity contribution >= 4 is 23.2 Å². The van der Waals surface area contributed by atoms with Crippen molar-refractivity contribution in [3.8, 4) is 0 Å². The van der Waals surface area contributed by atoms with Gasteiger partial charge in [-0.1, -0.05) is 25.3 Å². The van der Waals surface area contributed by atoms with Crippen LogP contribution in [0.15, 0.2) is 22.5 Å². The highest BCUT2D eigenvalue weighted by molar-refractivity contribution is 7.10. The number of nitrogens with one attached hydrogen (secondary N) is 1. The number of carbonyl (C=O) groups is 1. The molecule has 3 fully saturated rings. The molecule has 0 radical (unpaired) electrons. The Balaban J connectivity index is 1.32. The zero-order valence-electron chi connectivity index (χ0n) is 18.3. The van der Waals surface area contributed by atoms with Gasteiger partial charge in [-0.2, -0.15) is 0 Å². The molecular weight excluding hydrogens is 396 g/mol. The second kappa shape index (κ2) is 10.1. The van der Waals surface area contributed by atoms with E-state index in [0.717, 1.165) is 51.5 Å². The Kier molecular flexibility index (Phi) is 7.31. The highest BCUT2D eigenvalue weighted by atomic mass is 32.1. The van der Waals surface area contributed by atoms with Gasteiger partial charge in [0.25, 0.3) is 0 Å². The van der Waals surface area contributed by atoms with Gasteiger partial charge >= 0.3 is 0 Å². The van der Waals surface area contributed by atoms with Gasteiger partial charge in [-0.15, -0.1) is 11.3 Å². The minimum atomic E-state index is 0.147. The fourth-order valence-electron chi connectivity index (χ4n) is 5.28. The van der Waals surface area contributed by atoms with Crippen LogP contribution in [0.2, 0.25) is 0 Å². The molecule has 0 aromatic carbocycles. The van der Waals surface area contributed by atoms with Crippen molar-refractivity contribution in [3.05, 3.63) is 22.4 Å². The number of rotatable bonds is 4. The van der Waals surface area contributed by atoms with Crippen molar-refractivity contribution in [1.82, 2.24) is 15.1 Å². The van der Waals surface area contributed by atoms with Gasteiger partial charge in [0.2, 0.25) is 5.91 Å². The predicted molar refractivity (Wildman–Crippen MR) is 122 cm³/mol. The lowest BCUT2D eigenvalue weighted by molar-refractivity contribution is -0.140. The third-order valence-corrected chi connectivity index (χ3v) is 8.23. The molecule has 2 aliphatic heterocycles. The summed E-state index contributed by atoms with van der Waals surface area (Å²) in [6.07, 6.45) is 8.31. The predicted octanol–water partition coefficient (Wildman–Crippen LogP) is 3.10. The molecule has 1 saturated carbocycles. The summed E-state index contributed by atoms with van der Waals surface area (Å²) in [5.41, 5.74) is 0.243. The normalized spacial score (nSPS) is 23.4. The first kappa shape index (κ1) is 21.6. The van der Waals surface area contributed by atoms with E-state index in [1.165, 1.54) is 37.0 Å². The van der Waals surface area contributed by atoms with Crippen molar-refractivity contribution in [2.45, 2.75) is 50.4 Å². The molecular formula is C23H36N4O2S. The van der Waals surface area contributed by atoms with Gasteiger partial charge in [-0.3, -0.25) is 9.79 Å². The van der Waals surface area contributed by atoms with Gasteiger partial charge in [0.15, 0.2) is 5.96 Å². The Morgan fingerprint density at radius 3 is 2.53 bits per heavy atom. The van der Waals surface area contributed by atoms with Crippen LogP contribution in [-0.2, 0) is 14.9 Å². The number of ether oxygens (including phenoxy) is 1. The van der Waals surface area contributed by atoms with E-state index in [0.29, 0.717) is 19.1 Å². The van der Waals surface area contributed by atoms with Crippen molar-refractivity contribution in [2.24, 2.45) is 10.9 Å². The van der Waals surface area contributed by atoms with Gasteiger partial charge in [-0.05, 0) is 37.1 Å². The Morgan fingerprint density at radius 2 is 1.90 bits per heavy atom. The van der Waals surface area contributed by atoms with Gasteiger partial charge in [0.1, 0.15) is 0 Å². The number of piperidine rings is 1. The number of aliphatic imine (C=N–C) groups is 1. The summed E-state index contributed by atoms with van der Waals surface area (Å²) in [5.74, 6) is 1.46. The maximum Gasteiger partial charge on any atom is 0.225 e. The molecule has 30 heavy (non-hydrogen) atoms. The van der Waals surface area contributed by atoms with E-state index >= 15 is 0 Å². The van der Waals surface area contributed by atoms with E-state index in [1.807, 2.05) is 23.3 Å². The van der Waals surface area contributed by atoms with Crippen LogP contribution < -0.4 is 5.32 Å². The SMILES string of the molecule is CN=C(NCC1(c2cccs2)CCCCC1)N1CCC(C(=O)N2CCOCC2)CC1. The standard InChI is InChI=1S/C23H36N4O2S/c1-24-22(25-18-23(9-3-2-4-10-23)20-6-5-17-30-20)27-11-7-19(8-12-27)21(28)26-13-15-29-16-14-26/h5-6,17,19H,2-4,7-16,18H2,1H3,(H,24,25). The number of likely N-dealkylation sites (tertiary alicyclic amines) is 1. The minimum absolute atomic E-state index is 0.147. The summed E-state index contributed by atoms with van der Waals surface area (Å²) in [6, 6.07) is 4.49. The number of nitrogens with zero attached hydrogens (tertiary/aromatic N) is 3. The highest BCUT2D eigenvalue weighted by Crippen LogP contribution is 2.41. The van der Waals surface area contributed by atoms with Gasteiger partial charge < -0.3 is 19.9 Å². The summed E-state index contributed by atoms with van der Waals surface area (Å²) in [7, 11) is 1.88. The van der Waals surface area contributed by atoms with Crippen molar-refractivity contribution in [1.29, 1.82) is 0 Å². The van der Waals surface area contributed by atoms with E-state index in [4.69, 9.17) is 4.74 Å². The quantitative estimate of drug-likeness (QED) is 0.587. The number of carbonyl (C=O) groups excluding carboxylic acids is 1. The lowest BCUT2D eigenvalue weighted by Gasteiger charge is -2.40. The largest absolute Gasteiger partial charge is 0.378 e. The second-order valence-corrected chi connectivity index (χ2v) is 9.87. The van der Waals surface area contributed by atoms with Crippen LogP contribution >= 0.6 is 11.3 Å². The maximum atomic E-state index is 12.8. The zero-order chi connectivity index (χ0) is 20.8. The minimum Gasteiger partial charge on any atom is -0.378 e. The van der Waals surface area contributed by atoms with Crippen molar-refractivity contribution < 1.29 is 9.53 Å². The molecule has 1 N–H and O–H groups in total. The molecule has 0 bridgehead atoms. The third-order valence-electron chi connectivity index (χ3n) is 7.12. The molecule has 4 rings (SSSR count). The van der Waals surface area contributed by atoms with Gasteiger partial charge in [-0.25, -0.2) is 0 Å². The fourth-order valence-corrected chi connectivity index (χ4v) is 6.27. The average molecular weight is 433 g/mol. The van der Waals surface area contributed by atoms with Gasteiger partial charge in [0, 0.05) is 56.0 Å². The number of hydrogen-bond acceptors (Lipinski definition) is 4. The molecule has 1 aliphatic carbocycles. The van der Waals surface area contributed by atoms with Crippen LogP contribution in [0, 0.1) is 5.92 Å². The molecule has 1 amide bonds. The number of morpholine rings is 1. The van der Waals surface area contributed by atoms with Crippen LogP contribution in [0.25, 0.3) is 0 Å². The van der Waals surface area contributed by atoms with Crippen LogP contribution in [-0.4, -0.2) is 74.7 Å². The van der Waals surface area contributed by atoms with Crippen molar-refractivity contribution in [3.63, 3.8) is 0 Å². The molecule has 2 saturated heterocycles. The molecule has 1 aromatic heterocycles. The summed E-state index contributed by atoms with van der Waals surface area (Å²) in [6.45, 7) is 5.58. The zero-order valence-corrected chi connectivity index (χ0v) is 19.1.